The van der Waals surface area contributed by atoms with Crippen LogP contribution in [0, 0.1) is 0 Å². The fourth-order valence-corrected chi connectivity index (χ4v) is 3.07. The molecule has 0 aliphatic carbocycles. The predicted octanol–water partition coefficient (Wildman–Crippen LogP) is 4.81. The summed E-state index contributed by atoms with van der Waals surface area (Å²) in [5.41, 5.74) is 26.2. The minimum Gasteiger partial charge on any atom is -0.330 e. The maximum atomic E-state index is 11.2. The molecule has 0 aromatic heterocycles. The zero-order chi connectivity index (χ0) is 36.2. The smallest absolute Gasteiger partial charge is 0.135 e. The Kier molecular flexibility index (Phi) is 69.4. The Hall–Kier alpha value is -0.980. The summed E-state index contributed by atoms with van der Waals surface area (Å²) in [4.78, 5) is 28.9. The van der Waals surface area contributed by atoms with Gasteiger partial charge in [-0.25, -0.2) is 0 Å². The van der Waals surface area contributed by atoms with E-state index in [1.54, 1.807) is 0 Å². The highest BCUT2D eigenvalue weighted by atomic mass is 16.1. The molecular weight excluding hydrogens is 564 g/mol. The number of hydrogen-bond acceptors (Lipinski definition) is 10. The van der Waals surface area contributed by atoms with Gasteiger partial charge in [0.1, 0.15) is 11.6 Å². The van der Waals surface area contributed by atoms with Crippen LogP contribution in [0.3, 0.4) is 0 Å². The molecule has 10 nitrogen and oxygen atoms in total. The van der Waals surface area contributed by atoms with Gasteiger partial charge in [0.25, 0.3) is 0 Å². The van der Waals surface area contributed by atoms with Gasteiger partial charge in [-0.1, -0.05) is 80.6 Å². The van der Waals surface area contributed by atoms with Crippen molar-refractivity contribution in [3.63, 3.8) is 0 Å². The number of rotatable bonds is 23. The van der Waals surface area contributed by atoms with Crippen molar-refractivity contribution in [1.29, 1.82) is 0 Å². The Morgan fingerprint density at radius 3 is 1.11 bits per heavy atom. The summed E-state index contributed by atoms with van der Waals surface area (Å²) in [6.07, 6.45) is 13.5. The third-order valence-corrected chi connectivity index (χ3v) is 6.17. The van der Waals surface area contributed by atoms with Crippen LogP contribution in [-0.4, -0.2) is 113 Å². The number of ketones is 2. The molecule has 0 unspecified atom stereocenters. The molecule has 45 heavy (non-hydrogen) atoms. The van der Waals surface area contributed by atoms with Crippen LogP contribution in [0.4, 0.5) is 0 Å². The van der Waals surface area contributed by atoms with E-state index in [1.165, 1.54) is 64.5 Å². The van der Waals surface area contributed by atoms with Gasteiger partial charge >= 0.3 is 0 Å². The first kappa shape index (κ1) is 56.4. The third kappa shape index (κ3) is 70.6. The summed E-state index contributed by atoms with van der Waals surface area (Å²) in [5.74, 6) is 0.366. The van der Waals surface area contributed by atoms with Gasteiger partial charge in [0, 0.05) is 45.4 Å². The first-order valence-electron chi connectivity index (χ1n) is 18.1. The van der Waals surface area contributed by atoms with Gasteiger partial charge in [-0.3, -0.25) is 14.5 Å². The SMILES string of the molecule is CC.CCC.CCCCCCN(C)CCCCCN.CCCN.CCN(C)CN.CN(CCC(=O)CCN)CCC(=O)CCN. The molecule has 0 bridgehead atoms. The molecule has 0 spiro atoms. The minimum atomic E-state index is 0.183. The number of hydrogen-bond donors (Lipinski definition) is 5. The van der Waals surface area contributed by atoms with Crippen molar-refractivity contribution in [3.05, 3.63) is 0 Å². The van der Waals surface area contributed by atoms with Crippen LogP contribution < -0.4 is 28.7 Å². The van der Waals surface area contributed by atoms with Gasteiger partial charge in [0.2, 0.25) is 0 Å². The minimum absolute atomic E-state index is 0.183. The van der Waals surface area contributed by atoms with Crippen LogP contribution in [0.25, 0.3) is 0 Å². The summed E-state index contributed by atoms with van der Waals surface area (Å²) in [6, 6.07) is 0. The van der Waals surface area contributed by atoms with Crippen molar-refractivity contribution in [2.24, 2.45) is 28.7 Å². The highest BCUT2D eigenvalue weighted by molar-refractivity contribution is 5.79. The number of Topliss-reactive ketones (excluding diaryl/α,β-unsaturated/α-hetero) is 2. The van der Waals surface area contributed by atoms with E-state index in [0.29, 0.717) is 58.5 Å². The molecule has 278 valence electrons. The number of nitrogens with zero attached hydrogens (tertiary/aromatic N) is 3. The van der Waals surface area contributed by atoms with Crippen molar-refractivity contribution < 1.29 is 9.59 Å². The maximum Gasteiger partial charge on any atom is 0.135 e. The molecule has 0 radical (unpaired) electrons. The normalized spacial score (nSPS) is 9.82. The van der Waals surface area contributed by atoms with Crippen molar-refractivity contribution in [3.8, 4) is 0 Å². The molecule has 0 atom stereocenters. The van der Waals surface area contributed by atoms with Crippen LogP contribution in [-0.2, 0) is 9.59 Å². The van der Waals surface area contributed by atoms with E-state index >= 15 is 0 Å². The number of unbranched alkanes of at least 4 members (excludes halogenated alkanes) is 5. The van der Waals surface area contributed by atoms with Crippen molar-refractivity contribution in [1.82, 2.24) is 14.7 Å². The lowest BCUT2D eigenvalue weighted by atomic mass is 10.2. The molecule has 0 aromatic rings. The molecule has 10 N–H and O–H groups in total. The molecule has 0 aliphatic heterocycles. The average molecular weight is 651 g/mol. The Balaban J connectivity index is -0.000000118. The topological polar surface area (TPSA) is 174 Å². The lowest BCUT2D eigenvalue weighted by molar-refractivity contribution is -0.119. The predicted molar refractivity (Wildman–Crippen MR) is 203 cm³/mol. The van der Waals surface area contributed by atoms with E-state index in [9.17, 15) is 9.59 Å². The first-order valence-corrected chi connectivity index (χ1v) is 18.1. The Morgan fingerprint density at radius 1 is 0.467 bits per heavy atom. The summed E-state index contributed by atoms with van der Waals surface area (Å²) in [7, 11) is 6.12. The zero-order valence-corrected chi connectivity index (χ0v) is 32.3. The molecule has 0 fully saturated rings. The van der Waals surface area contributed by atoms with E-state index in [1.807, 2.05) is 37.7 Å². The summed E-state index contributed by atoms with van der Waals surface area (Å²) >= 11 is 0. The second kappa shape index (κ2) is 55.4. The number of carbonyl (C=O) groups is 2. The molecule has 0 heterocycles. The molecule has 0 aliphatic rings. The van der Waals surface area contributed by atoms with Gasteiger partial charge in [-0.15, -0.1) is 0 Å². The lowest BCUT2D eigenvalue weighted by Gasteiger charge is -2.15. The van der Waals surface area contributed by atoms with Gasteiger partial charge in [-0.2, -0.15) is 0 Å². The Bertz CT molecular complexity index is 474. The monoisotopic (exact) mass is 651 g/mol. The van der Waals surface area contributed by atoms with E-state index < -0.39 is 0 Å². The van der Waals surface area contributed by atoms with E-state index in [2.05, 4.69) is 46.6 Å². The molecule has 0 amide bonds. The van der Waals surface area contributed by atoms with E-state index in [-0.39, 0.29) is 11.6 Å². The van der Waals surface area contributed by atoms with Crippen LogP contribution in [0.2, 0.25) is 0 Å². The van der Waals surface area contributed by atoms with Crippen LogP contribution in [0.15, 0.2) is 0 Å². The second-order valence-corrected chi connectivity index (χ2v) is 11.0. The lowest BCUT2D eigenvalue weighted by Crippen LogP contribution is -2.25. The largest absolute Gasteiger partial charge is 0.330 e. The van der Waals surface area contributed by atoms with Gasteiger partial charge in [0.15, 0.2) is 0 Å². The van der Waals surface area contributed by atoms with Crippen molar-refractivity contribution in [2.75, 3.05) is 86.7 Å². The van der Waals surface area contributed by atoms with Gasteiger partial charge < -0.3 is 38.5 Å². The molecule has 10 heteroatoms. The molecule has 0 saturated heterocycles. The van der Waals surface area contributed by atoms with E-state index in [4.69, 9.17) is 28.7 Å². The zero-order valence-electron chi connectivity index (χ0n) is 32.3. The third-order valence-electron chi connectivity index (χ3n) is 6.17. The fraction of sp³-hybridized carbons (Fsp3) is 0.943. The van der Waals surface area contributed by atoms with Crippen molar-refractivity contribution >= 4 is 11.6 Å². The van der Waals surface area contributed by atoms with Crippen molar-refractivity contribution in [2.45, 2.75) is 132 Å². The van der Waals surface area contributed by atoms with Crippen LogP contribution in [0.1, 0.15) is 132 Å². The summed E-state index contributed by atoms with van der Waals surface area (Å²) in [5, 5.41) is 0. The standard InChI is InChI=1S/C12H28N2.C11H23N3O2.C4H12N2.C3H9N.C3H8.C2H6/c1-3-4-5-8-11-14(2)12-9-6-7-10-13;1-14(8-4-10(15)2-6-12)9-5-11(16)3-7-13;1-3-6(2)4-5;1-2-3-4;1-3-2;1-2/h3-13H2,1-2H3;2-9,12-13H2,1H3;3-5H2,1-2H3;2-4H2,1H3;3H2,1-2H3;1-2H3. The maximum absolute atomic E-state index is 11.2. The molecule has 0 saturated carbocycles. The quantitative estimate of drug-likeness (QED) is 0.0762. The van der Waals surface area contributed by atoms with Gasteiger partial charge in [0.05, 0.1) is 0 Å². The number of carbonyl (C=O) groups excluding carboxylic acids is 2. The Labute approximate surface area is 282 Å². The van der Waals surface area contributed by atoms with Gasteiger partial charge in [-0.05, 0) is 92.6 Å². The Morgan fingerprint density at radius 2 is 0.844 bits per heavy atom. The highest BCUT2D eigenvalue weighted by Crippen LogP contribution is 2.02. The summed E-state index contributed by atoms with van der Waals surface area (Å²) in [6.45, 7) is 22.7. The van der Waals surface area contributed by atoms with Crippen LogP contribution >= 0.6 is 0 Å². The highest BCUT2D eigenvalue weighted by Gasteiger charge is 2.06. The number of nitrogens with two attached hydrogens (primary N) is 5. The molecule has 0 rings (SSSR count). The average Bonchev–Trinajstić information content (AvgIpc) is 3.05. The first-order chi connectivity index (χ1) is 21.5. The summed E-state index contributed by atoms with van der Waals surface area (Å²) < 4.78 is 0. The fourth-order valence-electron chi connectivity index (χ4n) is 3.07. The molecular formula is C35H86N8O2. The van der Waals surface area contributed by atoms with E-state index in [0.717, 1.165) is 26.1 Å². The second-order valence-electron chi connectivity index (χ2n) is 11.0. The molecule has 0 aromatic carbocycles. The van der Waals surface area contributed by atoms with Crippen LogP contribution in [0.5, 0.6) is 0 Å².